The molecule has 2 rings (SSSR count). The second-order valence-corrected chi connectivity index (χ2v) is 10.5. The molecule has 0 radical (unpaired) electrons. The molecule has 0 amide bonds. The zero-order valence-corrected chi connectivity index (χ0v) is 20.2. The fraction of sp³-hybridized carbons (Fsp3) is 0.381. The summed E-state index contributed by atoms with van der Waals surface area (Å²) in [5.74, 6) is -0.327. The van der Waals surface area contributed by atoms with Gasteiger partial charge < -0.3 is 9.84 Å². The third-order valence-electron chi connectivity index (χ3n) is 4.46. The lowest BCUT2D eigenvalue weighted by atomic mass is 10.2. The van der Waals surface area contributed by atoms with E-state index in [0.717, 1.165) is 26.9 Å². The highest BCUT2D eigenvalue weighted by Gasteiger charge is 2.34. The number of sulfonamides is 1. The van der Waals surface area contributed by atoms with Crippen LogP contribution < -0.4 is 4.74 Å². The number of carboxylic acids is 1. The molecule has 0 saturated carbocycles. The second kappa shape index (κ2) is 11.5. The smallest absolute Gasteiger partial charge is 0.416 e. The van der Waals surface area contributed by atoms with Gasteiger partial charge in [0, 0.05) is 23.7 Å². The number of carboxylic acid groups (broad SMARTS) is 1. The molecule has 0 aromatic heterocycles. The highest BCUT2D eigenvalue weighted by molar-refractivity contribution is 7.99. The molecule has 0 unspecified atom stereocenters. The third kappa shape index (κ3) is 7.53. The Balaban J connectivity index is 2.15. The molecule has 0 spiro atoms. The van der Waals surface area contributed by atoms with Crippen LogP contribution in [0.2, 0.25) is 5.02 Å². The average Bonchev–Trinajstić information content (AvgIpc) is 2.71. The normalized spacial score (nSPS) is 12.2. The lowest BCUT2D eigenvalue weighted by molar-refractivity contribution is -0.139. The summed E-state index contributed by atoms with van der Waals surface area (Å²) in [5, 5.41) is 8.43. The number of hydrogen-bond donors (Lipinski definition) is 1. The largest absolute Gasteiger partial charge is 0.482 e. The maximum atomic E-state index is 13.1. The molecule has 2 aromatic rings. The highest BCUT2D eigenvalue weighted by atomic mass is 35.5. The van der Waals surface area contributed by atoms with Crippen molar-refractivity contribution in [1.29, 1.82) is 0 Å². The average molecular weight is 526 g/mol. The van der Waals surface area contributed by atoms with Crippen LogP contribution in [0.25, 0.3) is 0 Å². The quantitative estimate of drug-likeness (QED) is 0.400. The Morgan fingerprint density at radius 3 is 2.45 bits per heavy atom. The van der Waals surface area contributed by atoms with Gasteiger partial charge in [0.05, 0.1) is 10.6 Å². The van der Waals surface area contributed by atoms with Gasteiger partial charge in [0.2, 0.25) is 10.0 Å². The molecular weight excluding hydrogens is 503 g/mol. The van der Waals surface area contributed by atoms with E-state index in [1.165, 1.54) is 11.8 Å². The van der Waals surface area contributed by atoms with E-state index in [-0.39, 0.29) is 18.1 Å². The van der Waals surface area contributed by atoms with E-state index < -0.39 is 39.2 Å². The van der Waals surface area contributed by atoms with Gasteiger partial charge in [0.25, 0.3) is 0 Å². The molecule has 0 fully saturated rings. The van der Waals surface area contributed by atoms with Crippen molar-refractivity contribution in [3.05, 3.63) is 52.5 Å². The van der Waals surface area contributed by atoms with Crippen molar-refractivity contribution in [2.24, 2.45) is 0 Å². The minimum Gasteiger partial charge on any atom is -0.482 e. The van der Waals surface area contributed by atoms with Gasteiger partial charge >= 0.3 is 12.1 Å². The van der Waals surface area contributed by atoms with Crippen molar-refractivity contribution < 1.29 is 36.2 Å². The van der Waals surface area contributed by atoms with Crippen molar-refractivity contribution in [3.63, 3.8) is 0 Å². The number of alkyl halides is 3. The predicted molar refractivity (Wildman–Crippen MR) is 121 cm³/mol. The van der Waals surface area contributed by atoms with Crippen LogP contribution in [-0.2, 0) is 21.0 Å². The number of aryl methyl sites for hydroxylation is 1. The third-order valence-corrected chi connectivity index (χ3v) is 7.81. The molecule has 0 aliphatic rings. The summed E-state index contributed by atoms with van der Waals surface area (Å²) in [6.45, 7) is 3.24. The Bertz CT molecular complexity index is 1090. The molecule has 182 valence electrons. The number of nitrogens with zero attached hydrogens (tertiary/aromatic N) is 1. The number of carbonyl (C=O) groups is 1. The first kappa shape index (κ1) is 27.3. The van der Waals surface area contributed by atoms with E-state index in [2.05, 4.69) is 0 Å². The number of aliphatic carboxylic acids is 1. The van der Waals surface area contributed by atoms with Gasteiger partial charge in [-0.15, -0.1) is 11.8 Å². The van der Waals surface area contributed by atoms with Crippen molar-refractivity contribution in [2.75, 3.05) is 25.4 Å². The number of hydrogen-bond acceptors (Lipinski definition) is 5. The number of ether oxygens (including phenoxy) is 1. The van der Waals surface area contributed by atoms with Crippen LogP contribution in [0.15, 0.2) is 46.2 Å². The molecule has 0 atom stereocenters. The topological polar surface area (TPSA) is 83.9 Å². The molecular formula is C21H23ClF3NO5S2. The van der Waals surface area contributed by atoms with Crippen molar-refractivity contribution in [3.8, 4) is 5.75 Å². The number of halogens is 4. The summed E-state index contributed by atoms with van der Waals surface area (Å²) < 4.78 is 71.7. The summed E-state index contributed by atoms with van der Waals surface area (Å²) >= 11 is 7.31. The zero-order chi connectivity index (χ0) is 24.8. The summed E-state index contributed by atoms with van der Waals surface area (Å²) in [5.41, 5.74) is -0.369. The van der Waals surface area contributed by atoms with Crippen LogP contribution in [0.3, 0.4) is 0 Å². The number of rotatable bonds is 11. The standard InChI is InChI=1S/C21H23ClF3NO5S2/c1-3-8-26(33(29,30)19-12-15(21(23,24)25)4-6-17(19)22)9-10-32-16-5-7-18(14(2)11-16)31-13-20(27)28/h4-7,11-12H,3,8-10,13H2,1-2H3,(H,27,28). The molecule has 0 saturated heterocycles. The predicted octanol–water partition coefficient (Wildman–Crippen LogP) is 5.32. The Labute approximate surface area is 199 Å². The van der Waals surface area contributed by atoms with Gasteiger partial charge in [-0.3, -0.25) is 0 Å². The van der Waals surface area contributed by atoms with Crippen molar-refractivity contribution >= 4 is 39.4 Å². The van der Waals surface area contributed by atoms with Gasteiger partial charge in [-0.25, -0.2) is 13.2 Å². The Morgan fingerprint density at radius 2 is 1.88 bits per heavy atom. The number of thioether (sulfide) groups is 1. The van der Waals surface area contributed by atoms with Crippen LogP contribution >= 0.6 is 23.4 Å². The van der Waals surface area contributed by atoms with E-state index in [9.17, 15) is 26.4 Å². The fourth-order valence-corrected chi connectivity index (χ4v) is 6.02. The van der Waals surface area contributed by atoms with Crippen LogP contribution in [0.5, 0.6) is 5.75 Å². The highest BCUT2D eigenvalue weighted by Crippen LogP contribution is 2.34. The minimum atomic E-state index is -4.70. The number of benzene rings is 2. The summed E-state index contributed by atoms with van der Waals surface area (Å²) in [7, 11) is -4.25. The van der Waals surface area contributed by atoms with E-state index in [1.54, 1.807) is 32.0 Å². The molecule has 6 nitrogen and oxygen atoms in total. The Morgan fingerprint density at radius 1 is 1.18 bits per heavy atom. The molecule has 0 heterocycles. The van der Waals surface area contributed by atoms with E-state index in [0.29, 0.717) is 24.0 Å². The van der Waals surface area contributed by atoms with Crippen LogP contribution in [0.4, 0.5) is 13.2 Å². The lowest BCUT2D eigenvalue weighted by Crippen LogP contribution is -2.34. The van der Waals surface area contributed by atoms with Crippen molar-refractivity contribution in [1.82, 2.24) is 4.31 Å². The van der Waals surface area contributed by atoms with E-state index in [4.69, 9.17) is 21.4 Å². The SMILES string of the molecule is CCCN(CCSc1ccc(OCC(=O)O)c(C)c1)S(=O)(=O)c1cc(C(F)(F)F)ccc1Cl. The van der Waals surface area contributed by atoms with Gasteiger partial charge in [-0.1, -0.05) is 18.5 Å². The van der Waals surface area contributed by atoms with Gasteiger partial charge in [0.1, 0.15) is 10.6 Å². The zero-order valence-electron chi connectivity index (χ0n) is 17.9. The molecule has 33 heavy (non-hydrogen) atoms. The van der Waals surface area contributed by atoms with Crippen molar-refractivity contribution in [2.45, 2.75) is 36.2 Å². The first-order valence-electron chi connectivity index (χ1n) is 9.81. The Kier molecular flexibility index (Phi) is 9.48. The molecule has 0 bridgehead atoms. The summed E-state index contributed by atoms with van der Waals surface area (Å²) in [6.07, 6.45) is -4.23. The lowest BCUT2D eigenvalue weighted by Gasteiger charge is -2.23. The van der Waals surface area contributed by atoms with Crippen LogP contribution in [0.1, 0.15) is 24.5 Å². The van der Waals surface area contributed by atoms with Gasteiger partial charge in [-0.2, -0.15) is 17.5 Å². The first-order chi connectivity index (χ1) is 15.4. The van der Waals surface area contributed by atoms with E-state index >= 15 is 0 Å². The minimum absolute atomic E-state index is 0.0593. The monoisotopic (exact) mass is 525 g/mol. The van der Waals surface area contributed by atoms with Crippen LogP contribution in [-0.4, -0.2) is 49.2 Å². The van der Waals surface area contributed by atoms with Gasteiger partial charge in [0.15, 0.2) is 6.61 Å². The fourth-order valence-electron chi connectivity index (χ4n) is 2.90. The summed E-state index contributed by atoms with van der Waals surface area (Å²) in [4.78, 5) is 10.9. The van der Waals surface area contributed by atoms with Crippen LogP contribution in [0, 0.1) is 6.92 Å². The maximum Gasteiger partial charge on any atom is 0.416 e. The molecule has 12 heteroatoms. The molecule has 2 aromatic carbocycles. The maximum absolute atomic E-state index is 13.1. The van der Waals surface area contributed by atoms with E-state index in [1.807, 2.05) is 0 Å². The molecule has 0 aliphatic carbocycles. The molecule has 1 N–H and O–H groups in total. The van der Waals surface area contributed by atoms with Gasteiger partial charge in [-0.05, 0) is 55.3 Å². The summed E-state index contributed by atoms with van der Waals surface area (Å²) in [6, 6.07) is 7.37. The molecule has 0 aliphatic heterocycles. The Hall–Kier alpha value is -1.95. The second-order valence-electron chi connectivity index (χ2n) is 7.01. The first-order valence-corrected chi connectivity index (χ1v) is 12.6.